The van der Waals surface area contributed by atoms with Crippen LogP contribution in [0.4, 0.5) is 0 Å². The molecule has 142 valence electrons. The zero-order chi connectivity index (χ0) is 18.6. The molecule has 10 nitrogen and oxygen atoms in total. The van der Waals surface area contributed by atoms with Crippen molar-refractivity contribution in [3.63, 3.8) is 0 Å². The van der Waals surface area contributed by atoms with E-state index in [0.29, 0.717) is 26.4 Å². The van der Waals surface area contributed by atoms with Gasteiger partial charge in [0.15, 0.2) is 0 Å². The average Bonchev–Trinajstić information content (AvgIpc) is 3.45. The molecule has 0 atom stereocenters. The van der Waals surface area contributed by atoms with Gasteiger partial charge in [0.05, 0.1) is 81.1 Å². The lowest BCUT2D eigenvalue weighted by molar-refractivity contribution is 0.0206. The maximum absolute atomic E-state index is 5.76. The van der Waals surface area contributed by atoms with E-state index in [-0.39, 0.29) is 0 Å². The lowest BCUT2D eigenvalue weighted by Gasteiger charge is -2.20. The second-order valence-corrected chi connectivity index (χ2v) is 5.76. The van der Waals surface area contributed by atoms with Gasteiger partial charge in [-0.1, -0.05) is 0 Å². The second-order valence-electron chi connectivity index (χ2n) is 5.76. The first-order chi connectivity index (χ1) is 13.4. The van der Waals surface area contributed by atoms with E-state index >= 15 is 0 Å². The molecule has 27 heavy (non-hydrogen) atoms. The number of ether oxygens (including phenoxy) is 1. The molecule has 0 aliphatic carbocycles. The lowest BCUT2D eigenvalue weighted by Crippen LogP contribution is -2.31. The van der Waals surface area contributed by atoms with Crippen LogP contribution in [-0.4, -0.2) is 80.1 Å². The third-order valence-electron chi connectivity index (χ3n) is 3.68. The second kappa shape index (κ2) is 10.8. The molecule has 3 N–H and O–H groups in total. The van der Waals surface area contributed by atoms with Crippen LogP contribution in [-0.2, 0) is 11.3 Å². The van der Waals surface area contributed by atoms with Crippen molar-refractivity contribution < 1.29 is 4.74 Å². The standard InChI is InChI=1S/C17H23N9O/c1(18-5-15-7-20-11-23-15)3-26(14-27-10-17-9-22-13-25-17)4-2-19-6-16-8-21-12-24-16/h5-9,11-13H,1-4,10,14H2,(H,20,23)(H,21,24)(H,22,25). The molecule has 10 heteroatoms. The van der Waals surface area contributed by atoms with E-state index in [1.165, 1.54) is 0 Å². The highest BCUT2D eigenvalue weighted by Crippen LogP contribution is 1.98. The van der Waals surface area contributed by atoms with Gasteiger partial charge in [-0.25, -0.2) is 15.0 Å². The van der Waals surface area contributed by atoms with E-state index in [0.717, 1.165) is 30.2 Å². The highest BCUT2D eigenvalue weighted by Gasteiger charge is 2.05. The van der Waals surface area contributed by atoms with Gasteiger partial charge in [-0.05, 0) is 0 Å². The summed E-state index contributed by atoms with van der Waals surface area (Å²) in [5.74, 6) is 0. The molecule has 3 aromatic rings. The molecule has 0 amide bonds. The molecular formula is C17H23N9O. The Labute approximate surface area is 156 Å². The minimum absolute atomic E-state index is 0.491. The zero-order valence-corrected chi connectivity index (χ0v) is 15.0. The molecular weight excluding hydrogens is 346 g/mol. The van der Waals surface area contributed by atoms with Gasteiger partial charge in [0.25, 0.3) is 0 Å². The predicted molar refractivity (Wildman–Crippen MR) is 102 cm³/mol. The smallest absolute Gasteiger partial charge is 0.0996 e. The number of hydrogen-bond donors (Lipinski definition) is 3. The normalized spacial score (nSPS) is 12.0. The minimum Gasteiger partial charge on any atom is -0.360 e. The monoisotopic (exact) mass is 369 g/mol. The highest BCUT2D eigenvalue weighted by atomic mass is 16.5. The lowest BCUT2D eigenvalue weighted by atomic mass is 10.4. The zero-order valence-electron chi connectivity index (χ0n) is 15.0. The summed E-state index contributed by atoms with van der Waals surface area (Å²) < 4.78 is 5.76. The number of aliphatic imine (C=N–C) groups is 2. The molecule has 3 heterocycles. The number of aromatic nitrogens is 6. The Morgan fingerprint density at radius 1 is 0.852 bits per heavy atom. The van der Waals surface area contributed by atoms with E-state index in [4.69, 9.17) is 4.74 Å². The van der Waals surface area contributed by atoms with Crippen molar-refractivity contribution in [3.05, 3.63) is 54.7 Å². The van der Waals surface area contributed by atoms with Crippen LogP contribution in [0.2, 0.25) is 0 Å². The number of hydrogen-bond acceptors (Lipinski definition) is 7. The van der Waals surface area contributed by atoms with Crippen LogP contribution in [0.15, 0.2) is 47.6 Å². The Hall–Kier alpha value is -3.11. The molecule has 0 radical (unpaired) electrons. The fourth-order valence-corrected chi connectivity index (χ4v) is 2.29. The van der Waals surface area contributed by atoms with Gasteiger partial charge in [0.1, 0.15) is 0 Å². The van der Waals surface area contributed by atoms with E-state index in [1.807, 2.05) is 0 Å². The Morgan fingerprint density at radius 3 is 1.96 bits per heavy atom. The topological polar surface area (TPSA) is 123 Å². The van der Waals surface area contributed by atoms with Crippen molar-refractivity contribution in [2.45, 2.75) is 6.61 Å². The number of imidazole rings is 3. The summed E-state index contributed by atoms with van der Waals surface area (Å²) >= 11 is 0. The van der Waals surface area contributed by atoms with Gasteiger partial charge in [-0.3, -0.25) is 14.9 Å². The summed E-state index contributed by atoms with van der Waals surface area (Å²) in [4.78, 5) is 31.9. The van der Waals surface area contributed by atoms with Crippen LogP contribution in [0.3, 0.4) is 0 Å². The van der Waals surface area contributed by atoms with Crippen LogP contribution >= 0.6 is 0 Å². The summed E-state index contributed by atoms with van der Waals surface area (Å²) in [5.41, 5.74) is 2.73. The van der Waals surface area contributed by atoms with E-state index in [9.17, 15) is 0 Å². The Bertz CT molecular complexity index is 730. The first kappa shape index (κ1) is 18.7. The number of nitrogens with one attached hydrogen (secondary N) is 3. The molecule has 0 aromatic carbocycles. The van der Waals surface area contributed by atoms with Gasteiger partial charge in [0.2, 0.25) is 0 Å². The first-order valence-corrected chi connectivity index (χ1v) is 8.64. The Morgan fingerprint density at radius 2 is 1.44 bits per heavy atom. The SMILES string of the molecule is C(=NCCN(CCN=Cc1cnc[nH]1)COCc1cnc[nH]1)c1cnc[nH]1. The van der Waals surface area contributed by atoms with Crippen LogP contribution < -0.4 is 0 Å². The van der Waals surface area contributed by atoms with Crippen molar-refractivity contribution in [1.29, 1.82) is 0 Å². The van der Waals surface area contributed by atoms with E-state index in [1.54, 1.807) is 50.0 Å². The molecule has 0 aliphatic rings. The highest BCUT2D eigenvalue weighted by molar-refractivity contribution is 5.76. The minimum atomic E-state index is 0.491. The predicted octanol–water partition coefficient (Wildman–Crippen LogP) is 0.870. The molecule has 0 aliphatic heterocycles. The fourth-order valence-electron chi connectivity index (χ4n) is 2.29. The molecule has 0 fully saturated rings. The molecule has 0 unspecified atom stereocenters. The average molecular weight is 369 g/mol. The van der Waals surface area contributed by atoms with Crippen LogP contribution in [0.5, 0.6) is 0 Å². The number of aromatic amines is 3. The van der Waals surface area contributed by atoms with Crippen LogP contribution in [0.25, 0.3) is 0 Å². The summed E-state index contributed by atoms with van der Waals surface area (Å²) in [6, 6.07) is 0. The maximum Gasteiger partial charge on any atom is 0.0996 e. The summed E-state index contributed by atoms with van der Waals surface area (Å²) in [6.07, 6.45) is 13.7. The third-order valence-corrected chi connectivity index (χ3v) is 3.68. The van der Waals surface area contributed by atoms with Gasteiger partial charge < -0.3 is 19.7 Å². The van der Waals surface area contributed by atoms with Crippen LogP contribution in [0.1, 0.15) is 17.1 Å². The Kier molecular flexibility index (Phi) is 7.46. The van der Waals surface area contributed by atoms with Crippen LogP contribution in [0, 0.1) is 0 Å². The van der Waals surface area contributed by atoms with Gasteiger partial charge in [0, 0.05) is 25.5 Å². The number of H-pyrrole nitrogens is 3. The summed E-state index contributed by atoms with van der Waals surface area (Å²) in [5, 5.41) is 0. The molecule has 0 saturated carbocycles. The van der Waals surface area contributed by atoms with Gasteiger partial charge in [-0.2, -0.15) is 0 Å². The van der Waals surface area contributed by atoms with Crippen molar-refractivity contribution >= 4 is 12.4 Å². The van der Waals surface area contributed by atoms with E-state index < -0.39 is 0 Å². The molecule has 0 bridgehead atoms. The van der Waals surface area contributed by atoms with E-state index in [2.05, 4.69) is 44.8 Å². The summed E-state index contributed by atoms with van der Waals surface area (Å²) in [7, 11) is 0. The molecule has 0 saturated heterocycles. The number of rotatable bonds is 12. The Balaban J connectivity index is 1.42. The molecule has 3 aromatic heterocycles. The molecule has 3 rings (SSSR count). The molecule has 0 spiro atoms. The summed E-state index contributed by atoms with van der Waals surface area (Å²) in [6.45, 7) is 3.86. The van der Waals surface area contributed by atoms with Crippen molar-refractivity contribution in [1.82, 2.24) is 34.8 Å². The van der Waals surface area contributed by atoms with Gasteiger partial charge in [-0.15, -0.1) is 0 Å². The van der Waals surface area contributed by atoms with Crippen molar-refractivity contribution in [3.8, 4) is 0 Å². The number of nitrogens with zero attached hydrogens (tertiary/aromatic N) is 6. The maximum atomic E-state index is 5.76. The third kappa shape index (κ3) is 6.96. The fraction of sp³-hybridized carbons (Fsp3) is 0.353. The largest absolute Gasteiger partial charge is 0.360 e. The van der Waals surface area contributed by atoms with Gasteiger partial charge >= 0.3 is 0 Å². The van der Waals surface area contributed by atoms with Crippen molar-refractivity contribution in [2.75, 3.05) is 32.9 Å². The first-order valence-electron chi connectivity index (χ1n) is 8.64. The van der Waals surface area contributed by atoms with Crippen molar-refractivity contribution in [2.24, 2.45) is 9.98 Å². The quantitative estimate of drug-likeness (QED) is 0.323.